The van der Waals surface area contributed by atoms with Crippen LogP contribution in [0.2, 0.25) is 0 Å². The molecule has 1 aromatic heterocycles. The van der Waals surface area contributed by atoms with Crippen molar-refractivity contribution in [2.24, 2.45) is 0 Å². The highest BCUT2D eigenvalue weighted by Gasteiger charge is 2.31. The molecule has 2 aromatic rings. The number of aryl methyl sites for hydroxylation is 1. The van der Waals surface area contributed by atoms with Crippen molar-refractivity contribution in [2.75, 3.05) is 13.1 Å². The molecule has 30 heavy (non-hydrogen) atoms. The molecule has 0 saturated carbocycles. The molecule has 0 spiro atoms. The molecule has 0 radical (unpaired) electrons. The highest BCUT2D eigenvalue weighted by molar-refractivity contribution is 5.99. The Hall–Kier alpha value is -3.09. The number of nitrogens with zero attached hydrogens (tertiary/aromatic N) is 1. The summed E-state index contributed by atoms with van der Waals surface area (Å²) in [5.41, 5.74) is 1.98. The fourth-order valence-corrected chi connectivity index (χ4v) is 3.29. The SMILES string of the molecule is CCN(CC)C(=O)[C@H](OC(=O)c1[nH]c(C)c(C(=O)OC(C)C)c1C)c1ccccc1. The number of hydrogen-bond donors (Lipinski definition) is 1. The lowest BCUT2D eigenvalue weighted by Gasteiger charge is -2.25. The van der Waals surface area contributed by atoms with Crippen molar-refractivity contribution in [3.8, 4) is 0 Å². The second-order valence-corrected chi connectivity index (χ2v) is 7.29. The summed E-state index contributed by atoms with van der Waals surface area (Å²) in [6, 6.07) is 8.90. The average molecular weight is 415 g/mol. The maximum absolute atomic E-state index is 13.0. The second kappa shape index (κ2) is 10.1. The van der Waals surface area contributed by atoms with Gasteiger partial charge in [-0.25, -0.2) is 9.59 Å². The lowest BCUT2D eigenvalue weighted by atomic mass is 10.1. The van der Waals surface area contributed by atoms with Crippen LogP contribution >= 0.6 is 0 Å². The molecule has 0 aliphatic carbocycles. The van der Waals surface area contributed by atoms with Crippen molar-refractivity contribution in [3.05, 3.63) is 58.4 Å². The number of esters is 2. The molecule has 1 aromatic carbocycles. The van der Waals surface area contributed by atoms with Crippen molar-refractivity contribution in [3.63, 3.8) is 0 Å². The van der Waals surface area contributed by atoms with Gasteiger partial charge in [-0.05, 0) is 47.1 Å². The van der Waals surface area contributed by atoms with Gasteiger partial charge in [-0.15, -0.1) is 0 Å². The van der Waals surface area contributed by atoms with E-state index >= 15 is 0 Å². The Balaban J connectivity index is 2.36. The van der Waals surface area contributed by atoms with Crippen LogP contribution < -0.4 is 0 Å². The van der Waals surface area contributed by atoms with Crippen molar-refractivity contribution in [1.82, 2.24) is 9.88 Å². The summed E-state index contributed by atoms with van der Waals surface area (Å²) in [5.74, 6) is -1.50. The quantitative estimate of drug-likeness (QED) is 0.661. The largest absolute Gasteiger partial charge is 0.459 e. The summed E-state index contributed by atoms with van der Waals surface area (Å²) in [5, 5.41) is 0. The summed E-state index contributed by atoms with van der Waals surface area (Å²) < 4.78 is 10.9. The number of H-pyrrole nitrogens is 1. The number of hydrogen-bond acceptors (Lipinski definition) is 5. The fraction of sp³-hybridized carbons (Fsp3) is 0.435. The Morgan fingerprint density at radius 1 is 0.967 bits per heavy atom. The fourth-order valence-electron chi connectivity index (χ4n) is 3.29. The first-order chi connectivity index (χ1) is 14.2. The molecule has 0 aliphatic heterocycles. The maximum atomic E-state index is 13.0. The van der Waals surface area contributed by atoms with E-state index in [0.717, 1.165) is 0 Å². The monoisotopic (exact) mass is 414 g/mol. The Labute approximate surface area is 177 Å². The molecule has 1 heterocycles. The smallest absolute Gasteiger partial charge is 0.356 e. The average Bonchev–Trinajstić information content (AvgIpc) is 3.01. The summed E-state index contributed by atoms with van der Waals surface area (Å²) in [7, 11) is 0. The van der Waals surface area contributed by atoms with Gasteiger partial charge in [0.25, 0.3) is 5.91 Å². The van der Waals surface area contributed by atoms with Gasteiger partial charge in [-0.2, -0.15) is 0 Å². The predicted octanol–water partition coefficient (Wildman–Crippen LogP) is 3.96. The van der Waals surface area contributed by atoms with Crippen molar-refractivity contribution < 1.29 is 23.9 Å². The zero-order valence-electron chi connectivity index (χ0n) is 18.4. The number of ether oxygens (including phenoxy) is 2. The zero-order valence-corrected chi connectivity index (χ0v) is 18.4. The Morgan fingerprint density at radius 3 is 2.10 bits per heavy atom. The highest BCUT2D eigenvalue weighted by atomic mass is 16.6. The number of benzene rings is 1. The topological polar surface area (TPSA) is 88.7 Å². The number of likely N-dealkylation sites (N-methyl/N-ethyl adjacent to an activating group) is 1. The summed E-state index contributed by atoms with van der Waals surface area (Å²) >= 11 is 0. The first-order valence-corrected chi connectivity index (χ1v) is 10.2. The lowest BCUT2D eigenvalue weighted by molar-refractivity contribution is -0.140. The minimum atomic E-state index is -1.08. The number of amides is 1. The third-order valence-electron chi connectivity index (χ3n) is 4.82. The Bertz CT molecular complexity index is 898. The van der Waals surface area contributed by atoms with Crippen LogP contribution in [0.15, 0.2) is 30.3 Å². The van der Waals surface area contributed by atoms with Gasteiger partial charge < -0.3 is 19.4 Å². The van der Waals surface area contributed by atoms with Gasteiger partial charge >= 0.3 is 11.9 Å². The molecule has 0 aliphatic rings. The minimum Gasteiger partial charge on any atom is -0.459 e. The summed E-state index contributed by atoms with van der Waals surface area (Å²) in [6.45, 7) is 11.6. The van der Waals surface area contributed by atoms with Crippen molar-refractivity contribution >= 4 is 17.8 Å². The number of aromatic nitrogens is 1. The summed E-state index contributed by atoms with van der Waals surface area (Å²) in [4.78, 5) is 42.9. The molecular weight excluding hydrogens is 384 g/mol. The van der Waals surface area contributed by atoms with Crippen LogP contribution in [0.25, 0.3) is 0 Å². The molecule has 7 nitrogen and oxygen atoms in total. The lowest BCUT2D eigenvalue weighted by Crippen LogP contribution is -2.36. The van der Waals surface area contributed by atoms with Gasteiger partial charge in [-0.3, -0.25) is 4.79 Å². The van der Waals surface area contributed by atoms with Gasteiger partial charge in [0.15, 0.2) is 0 Å². The van der Waals surface area contributed by atoms with Crippen LogP contribution in [0.5, 0.6) is 0 Å². The molecule has 0 unspecified atom stereocenters. The first-order valence-electron chi connectivity index (χ1n) is 10.2. The van der Waals surface area contributed by atoms with E-state index in [9.17, 15) is 14.4 Å². The number of carbonyl (C=O) groups excluding carboxylic acids is 3. The molecule has 1 atom stereocenters. The standard InChI is InChI=1S/C23H30N2O5/c1-7-25(8-2)21(26)20(17-12-10-9-11-13-17)30-23(28)19-15(5)18(16(6)24-19)22(27)29-14(3)4/h9-14,20,24H,7-8H2,1-6H3/t20-/m1/s1. The van der Waals surface area contributed by atoms with Crippen LogP contribution in [0.4, 0.5) is 0 Å². The molecule has 2 rings (SSSR count). The zero-order chi connectivity index (χ0) is 22.4. The van der Waals surface area contributed by atoms with Crippen LogP contribution in [-0.2, 0) is 14.3 Å². The van der Waals surface area contributed by atoms with Gasteiger partial charge in [-0.1, -0.05) is 30.3 Å². The number of aromatic amines is 1. The van der Waals surface area contributed by atoms with E-state index in [4.69, 9.17) is 9.47 Å². The normalized spacial score (nSPS) is 11.8. The van der Waals surface area contributed by atoms with E-state index in [1.54, 1.807) is 56.9 Å². The van der Waals surface area contributed by atoms with Gasteiger partial charge in [0.1, 0.15) is 5.69 Å². The molecule has 0 fully saturated rings. The second-order valence-electron chi connectivity index (χ2n) is 7.29. The van der Waals surface area contributed by atoms with E-state index in [-0.39, 0.29) is 17.7 Å². The van der Waals surface area contributed by atoms with Gasteiger partial charge in [0, 0.05) is 24.3 Å². The van der Waals surface area contributed by atoms with E-state index in [1.165, 1.54) is 0 Å². The van der Waals surface area contributed by atoms with Crippen molar-refractivity contribution in [2.45, 2.75) is 53.8 Å². The van der Waals surface area contributed by atoms with Crippen LogP contribution in [-0.4, -0.2) is 46.9 Å². The Kier molecular flexibility index (Phi) is 7.80. The van der Waals surface area contributed by atoms with E-state index in [2.05, 4.69) is 4.98 Å². The molecule has 1 N–H and O–H groups in total. The molecule has 0 bridgehead atoms. The molecular formula is C23H30N2O5. The van der Waals surface area contributed by atoms with Crippen LogP contribution in [0.1, 0.15) is 71.5 Å². The van der Waals surface area contributed by atoms with E-state index in [0.29, 0.717) is 35.5 Å². The third-order valence-corrected chi connectivity index (χ3v) is 4.82. The number of nitrogens with one attached hydrogen (secondary N) is 1. The highest BCUT2D eigenvalue weighted by Crippen LogP contribution is 2.25. The van der Waals surface area contributed by atoms with E-state index in [1.807, 2.05) is 19.9 Å². The van der Waals surface area contributed by atoms with Crippen molar-refractivity contribution in [1.29, 1.82) is 0 Å². The molecule has 162 valence electrons. The van der Waals surface area contributed by atoms with Gasteiger partial charge in [0.2, 0.25) is 6.10 Å². The maximum Gasteiger partial charge on any atom is 0.356 e. The van der Waals surface area contributed by atoms with Crippen LogP contribution in [0, 0.1) is 13.8 Å². The van der Waals surface area contributed by atoms with Crippen LogP contribution in [0.3, 0.4) is 0 Å². The molecule has 7 heteroatoms. The molecule has 0 saturated heterocycles. The first kappa shape index (κ1) is 23.2. The number of carbonyl (C=O) groups is 3. The predicted molar refractivity (Wildman–Crippen MR) is 113 cm³/mol. The number of rotatable bonds is 8. The molecule has 1 amide bonds. The Morgan fingerprint density at radius 2 is 1.57 bits per heavy atom. The van der Waals surface area contributed by atoms with E-state index < -0.39 is 18.0 Å². The summed E-state index contributed by atoms with van der Waals surface area (Å²) in [6.07, 6.45) is -1.36. The van der Waals surface area contributed by atoms with Gasteiger partial charge in [0.05, 0.1) is 11.7 Å². The minimum absolute atomic E-state index is 0.136. The third kappa shape index (κ3) is 5.09.